The lowest BCUT2D eigenvalue weighted by molar-refractivity contribution is -0.121. The van der Waals surface area contributed by atoms with Gasteiger partial charge in [-0.15, -0.1) is 0 Å². The van der Waals surface area contributed by atoms with Crippen LogP contribution in [-0.4, -0.2) is 29.9 Å². The minimum absolute atomic E-state index is 0.0587. The first-order valence-corrected chi connectivity index (χ1v) is 5.08. The summed E-state index contributed by atoms with van der Waals surface area (Å²) >= 11 is 0. The van der Waals surface area contributed by atoms with Crippen molar-refractivity contribution < 1.29 is 9.59 Å². The van der Waals surface area contributed by atoms with Crippen LogP contribution < -0.4 is 10.6 Å². The Kier molecular flexibility index (Phi) is 4.98. The molecule has 5 heteroatoms. The van der Waals surface area contributed by atoms with Gasteiger partial charge in [-0.2, -0.15) is 0 Å². The van der Waals surface area contributed by atoms with E-state index in [1.165, 1.54) is 6.92 Å². The predicted molar refractivity (Wildman–Crippen MR) is 59.6 cm³/mol. The van der Waals surface area contributed by atoms with Gasteiger partial charge in [-0.3, -0.25) is 14.6 Å². The lowest BCUT2D eigenvalue weighted by Gasteiger charge is -2.05. The number of rotatable bonds is 5. The SMILES string of the molecule is CC(=O)NCCNC(=O)Cc1ccncc1. The van der Waals surface area contributed by atoms with Gasteiger partial charge in [0.15, 0.2) is 0 Å². The van der Waals surface area contributed by atoms with Crippen molar-refractivity contribution in [2.24, 2.45) is 0 Å². The van der Waals surface area contributed by atoms with Crippen molar-refractivity contribution in [1.82, 2.24) is 15.6 Å². The van der Waals surface area contributed by atoms with E-state index in [0.29, 0.717) is 19.5 Å². The molecule has 0 fully saturated rings. The molecule has 2 amide bonds. The predicted octanol–water partition coefficient (Wildman–Crippen LogP) is -0.124. The maximum Gasteiger partial charge on any atom is 0.224 e. The summed E-state index contributed by atoms with van der Waals surface area (Å²) in [5, 5.41) is 5.31. The average molecular weight is 221 g/mol. The highest BCUT2D eigenvalue weighted by atomic mass is 16.2. The fraction of sp³-hybridized carbons (Fsp3) is 0.364. The van der Waals surface area contributed by atoms with Crippen LogP contribution in [0.4, 0.5) is 0 Å². The number of carbonyl (C=O) groups is 2. The molecule has 0 aromatic carbocycles. The van der Waals surface area contributed by atoms with Crippen LogP contribution in [0.15, 0.2) is 24.5 Å². The van der Waals surface area contributed by atoms with E-state index in [1.54, 1.807) is 24.5 Å². The van der Waals surface area contributed by atoms with E-state index < -0.39 is 0 Å². The third kappa shape index (κ3) is 5.09. The highest BCUT2D eigenvalue weighted by Crippen LogP contribution is 1.96. The number of nitrogens with zero attached hydrogens (tertiary/aromatic N) is 1. The zero-order valence-corrected chi connectivity index (χ0v) is 9.19. The number of nitrogens with one attached hydrogen (secondary N) is 2. The summed E-state index contributed by atoms with van der Waals surface area (Å²) in [5.41, 5.74) is 0.923. The van der Waals surface area contributed by atoms with Crippen molar-refractivity contribution in [3.05, 3.63) is 30.1 Å². The Morgan fingerprint density at radius 2 is 1.81 bits per heavy atom. The van der Waals surface area contributed by atoms with Crippen LogP contribution in [0.1, 0.15) is 12.5 Å². The molecule has 0 aliphatic carbocycles. The Balaban J connectivity index is 2.19. The topological polar surface area (TPSA) is 71.1 Å². The first kappa shape index (κ1) is 12.2. The van der Waals surface area contributed by atoms with Gasteiger partial charge in [0.05, 0.1) is 6.42 Å². The largest absolute Gasteiger partial charge is 0.355 e. The number of hydrogen-bond donors (Lipinski definition) is 2. The van der Waals surface area contributed by atoms with Crippen molar-refractivity contribution in [3.63, 3.8) is 0 Å². The Labute approximate surface area is 94.3 Å². The first-order chi connectivity index (χ1) is 7.68. The molecule has 1 heterocycles. The number of amides is 2. The van der Waals surface area contributed by atoms with E-state index in [-0.39, 0.29) is 11.8 Å². The van der Waals surface area contributed by atoms with Gasteiger partial charge in [0, 0.05) is 32.4 Å². The molecule has 86 valence electrons. The first-order valence-electron chi connectivity index (χ1n) is 5.08. The standard InChI is InChI=1S/C11H15N3O2/c1-9(15)13-6-7-14-11(16)8-10-2-4-12-5-3-10/h2-5H,6-8H2,1H3,(H,13,15)(H,14,16). The van der Waals surface area contributed by atoms with E-state index in [9.17, 15) is 9.59 Å². The molecule has 5 nitrogen and oxygen atoms in total. The summed E-state index contributed by atoms with van der Waals surface area (Å²) in [4.78, 5) is 25.8. The van der Waals surface area contributed by atoms with E-state index in [0.717, 1.165) is 5.56 Å². The molecule has 1 rings (SSSR count). The van der Waals surface area contributed by atoms with Crippen molar-refractivity contribution in [3.8, 4) is 0 Å². The minimum Gasteiger partial charge on any atom is -0.355 e. The number of hydrogen-bond acceptors (Lipinski definition) is 3. The lowest BCUT2D eigenvalue weighted by Crippen LogP contribution is -2.34. The van der Waals surface area contributed by atoms with Crippen LogP contribution in [0.25, 0.3) is 0 Å². The quantitative estimate of drug-likeness (QED) is 0.681. The molecule has 0 bridgehead atoms. The summed E-state index contributed by atoms with van der Waals surface area (Å²) in [6.45, 7) is 2.35. The summed E-state index contributed by atoms with van der Waals surface area (Å²) in [6.07, 6.45) is 3.64. The van der Waals surface area contributed by atoms with Gasteiger partial charge < -0.3 is 10.6 Å². The molecule has 16 heavy (non-hydrogen) atoms. The lowest BCUT2D eigenvalue weighted by atomic mass is 10.2. The van der Waals surface area contributed by atoms with Crippen molar-refractivity contribution in [2.75, 3.05) is 13.1 Å². The van der Waals surface area contributed by atoms with Gasteiger partial charge in [-0.1, -0.05) is 0 Å². The third-order valence-corrected chi connectivity index (χ3v) is 1.94. The summed E-state index contributed by atoms with van der Waals surface area (Å²) in [5.74, 6) is -0.153. The van der Waals surface area contributed by atoms with Crippen LogP contribution >= 0.6 is 0 Å². The third-order valence-electron chi connectivity index (χ3n) is 1.94. The van der Waals surface area contributed by atoms with E-state index in [4.69, 9.17) is 0 Å². The van der Waals surface area contributed by atoms with E-state index in [2.05, 4.69) is 15.6 Å². The highest BCUT2D eigenvalue weighted by molar-refractivity contribution is 5.78. The van der Waals surface area contributed by atoms with Gasteiger partial charge in [0.25, 0.3) is 0 Å². The van der Waals surface area contributed by atoms with Gasteiger partial charge in [-0.25, -0.2) is 0 Å². The van der Waals surface area contributed by atoms with Crippen LogP contribution in [0.2, 0.25) is 0 Å². The molecule has 1 aromatic rings. The Hall–Kier alpha value is -1.91. The van der Waals surface area contributed by atoms with Crippen molar-refractivity contribution in [1.29, 1.82) is 0 Å². The van der Waals surface area contributed by atoms with Crippen LogP contribution in [0, 0.1) is 0 Å². The Morgan fingerprint density at radius 1 is 1.19 bits per heavy atom. The molecular formula is C11H15N3O2. The molecule has 0 spiro atoms. The van der Waals surface area contributed by atoms with E-state index in [1.807, 2.05) is 0 Å². The maximum atomic E-state index is 11.4. The second-order valence-electron chi connectivity index (χ2n) is 3.37. The van der Waals surface area contributed by atoms with Crippen LogP contribution in [0.5, 0.6) is 0 Å². The second-order valence-corrected chi connectivity index (χ2v) is 3.37. The highest BCUT2D eigenvalue weighted by Gasteiger charge is 2.01. The van der Waals surface area contributed by atoms with Crippen LogP contribution in [-0.2, 0) is 16.0 Å². The van der Waals surface area contributed by atoms with Crippen molar-refractivity contribution >= 4 is 11.8 Å². The molecule has 0 radical (unpaired) electrons. The smallest absolute Gasteiger partial charge is 0.224 e. The van der Waals surface area contributed by atoms with E-state index >= 15 is 0 Å². The summed E-state index contributed by atoms with van der Waals surface area (Å²) in [7, 11) is 0. The minimum atomic E-state index is -0.0941. The van der Waals surface area contributed by atoms with Crippen LogP contribution in [0.3, 0.4) is 0 Å². The van der Waals surface area contributed by atoms with Gasteiger partial charge in [-0.05, 0) is 17.7 Å². The zero-order valence-electron chi connectivity index (χ0n) is 9.19. The Morgan fingerprint density at radius 3 is 2.44 bits per heavy atom. The van der Waals surface area contributed by atoms with Crippen molar-refractivity contribution in [2.45, 2.75) is 13.3 Å². The number of pyridine rings is 1. The number of carbonyl (C=O) groups excluding carboxylic acids is 2. The molecule has 0 saturated heterocycles. The Bertz CT molecular complexity index is 352. The molecule has 0 atom stereocenters. The maximum absolute atomic E-state index is 11.4. The molecule has 0 aliphatic heterocycles. The fourth-order valence-corrected chi connectivity index (χ4v) is 1.19. The molecule has 0 saturated carbocycles. The molecule has 0 unspecified atom stereocenters. The monoisotopic (exact) mass is 221 g/mol. The van der Waals surface area contributed by atoms with Gasteiger partial charge in [0.1, 0.15) is 0 Å². The summed E-state index contributed by atoms with van der Waals surface area (Å²) in [6, 6.07) is 3.60. The number of aromatic nitrogens is 1. The molecular weight excluding hydrogens is 206 g/mol. The van der Waals surface area contributed by atoms with Gasteiger partial charge in [0.2, 0.25) is 11.8 Å². The zero-order chi connectivity index (χ0) is 11.8. The van der Waals surface area contributed by atoms with Gasteiger partial charge >= 0.3 is 0 Å². The second kappa shape index (κ2) is 6.55. The fourth-order valence-electron chi connectivity index (χ4n) is 1.19. The normalized spacial score (nSPS) is 9.56. The average Bonchev–Trinajstić information content (AvgIpc) is 2.25. The molecule has 0 aliphatic rings. The molecule has 2 N–H and O–H groups in total. The summed E-state index contributed by atoms with van der Waals surface area (Å²) < 4.78 is 0. The molecule has 1 aromatic heterocycles.